The molecule has 1 aliphatic rings. The highest BCUT2D eigenvalue weighted by atomic mass is 16.5. The first kappa shape index (κ1) is 14.9. The van der Waals surface area contributed by atoms with Gasteiger partial charge in [-0.2, -0.15) is 0 Å². The summed E-state index contributed by atoms with van der Waals surface area (Å²) in [4.78, 5) is 21.9. The van der Waals surface area contributed by atoms with Crippen molar-refractivity contribution in [3.63, 3.8) is 0 Å². The first-order chi connectivity index (χ1) is 8.59. The number of aliphatic hydroxyl groups is 1. The zero-order valence-corrected chi connectivity index (χ0v) is 11.0. The molecule has 0 bridgehead atoms. The molecule has 18 heavy (non-hydrogen) atoms. The summed E-state index contributed by atoms with van der Waals surface area (Å²) in [5.74, 6) is -0.127. The molecule has 4 nitrogen and oxygen atoms in total. The number of hydrogen-bond donors (Lipinski definition) is 1. The van der Waals surface area contributed by atoms with Gasteiger partial charge in [-0.05, 0) is 30.9 Å². The molecule has 4 heteroatoms. The quantitative estimate of drug-likeness (QED) is 0.532. The van der Waals surface area contributed by atoms with Crippen molar-refractivity contribution in [3.05, 3.63) is 11.6 Å². The van der Waals surface area contributed by atoms with Gasteiger partial charge in [0.1, 0.15) is 0 Å². The van der Waals surface area contributed by atoms with Crippen LogP contribution in [-0.2, 0) is 14.3 Å². The van der Waals surface area contributed by atoms with E-state index in [2.05, 4.69) is 0 Å². The number of unbranched alkanes of at least 4 members (excludes halogenated alkanes) is 4. The number of allylic oxidation sites excluding steroid dienone is 1. The van der Waals surface area contributed by atoms with Crippen LogP contribution in [0.4, 0.5) is 0 Å². The summed E-state index contributed by atoms with van der Waals surface area (Å²) < 4.78 is 4.84. The second-order valence-corrected chi connectivity index (χ2v) is 4.74. The number of carbonyl (C=O) groups excluding carboxylic acids is 2. The Morgan fingerprint density at radius 1 is 1.33 bits per heavy atom. The fourth-order valence-electron chi connectivity index (χ4n) is 2.09. The molecule has 0 amide bonds. The van der Waals surface area contributed by atoms with Gasteiger partial charge >= 0.3 is 5.97 Å². The van der Waals surface area contributed by atoms with Gasteiger partial charge in [0.05, 0.1) is 12.7 Å². The van der Waals surface area contributed by atoms with Crippen molar-refractivity contribution < 1.29 is 19.4 Å². The summed E-state index contributed by atoms with van der Waals surface area (Å²) >= 11 is 0. The average Bonchev–Trinajstić information content (AvgIpc) is 2.61. The largest absolute Gasteiger partial charge is 0.466 e. The molecule has 1 aliphatic carbocycles. The standard InChI is InChI=1S/C14H22O4/c1-11(15)18-8-6-4-2-3-5-7-12-9-13(16)10-14(12)17/h9,13,16H,2-8,10H2,1H3/t13-/m0/s1. The molecule has 0 aromatic heterocycles. The molecule has 0 heterocycles. The van der Waals surface area contributed by atoms with E-state index in [9.17, 15) is 14.7 Å². The lowest BCUT2D eigenvalue weighted by atomic mass is 10.0. The van der Waals surface area contributed by atoms with E-state index in [1.165, 1.54) is 6.92 Å². The number of ether oxygens (including phenoxy) is 1. The minimum Gasteiger partial charge on any atom is -0.466 e. The molecule has 0 aromatic rings. The second-order valence-electron chi connectivity index (χ2n) is 4.74. The normalized spacial score (nSPS) is 18.9. The Hall–Kier alpha value is -1.16. The summed E-state index contributed by atoms with van der Waals surface area (Å²) in [7, 11) is 0. The lowest BCUT2D eigenvalue weighted by molar-refractivity contribution is -0.141. The van der Waals surface area contributed by atoms with Crippen LogP contribution in [0.15, 0.2) is 11.6 Å². The molecule has 0 aliphatic heterocycles. The highest BCUT2D eigenvalue weighted by molar-refractivity contribution is 5.98. The van der Waals surface area contributed by atoms with E-state index in [0.717, 1.165) is 44.1 Å². The molecule has 0 saturated carbocycles. The van der Waals surface area contributed by atoms with Crippen LogP contribution in [0.5, 0.6) is 0 Å². The van der Waals surface area contributed by atoms with Crippen LogP contribution >= 0.6 is 0 Å². The van der Waals surface area contributed by atoms with Crippen molar-refractivity contribution in [2.45, 2.75) is 58.0 Å². The van der Waals surface area contributed by atoms with E-state index in [1.807, 2.05) is 0 Å². The third-order valence-electron chi connectivity index (χ3n) is 3.04. The van der Waals surface area contributed by atoms with Crippen LogP contribution < -0.4 is 0 Å². The van der Waals surface area contributed by atoms with E-state index in [1.54, 1.807) is 6.08 Å². The topological polar surface area (TPSA) is 63.6 Å². The van der Waals surface area contributed by atoms with Crippen LogP contribution in [-0.4, -0.2) is 29.6 Å². The maximum Gasteiger partial charge on any atom is 0.302 e. The third kappa shape index (κ3) is 5.96. The Kier molecular flexibility index (Phi) is 6.65. The lowest BCUT2D eigenvalue weighted by Crippen LogP contribution is -2.01. The minimum atomic E-state index is -0.559. The number of rotatable bonds is 8. The highest BCUT2D eigenvalue weighted by Gasteiger charge is 2.21. The zero-order valence-electron chi connectivity index (χ0n) is 11.0. The Morgan fingerprint density at radius 2 is 2.00 bits per heavy atom. The van der Waals surface area contributed by atoms with Crippen LogP contribution in [0.1, 0.15) is 51.9 Å². The molecular weight excluding hydrogens is 232 g/mol. The first-order valence-electron chi connectivity index (χ1n) is 6.65. The fourth-order valence-corrected chi connectivity index (χ4v) is 2.09. The average molecular weight is 254 g/mol. The molecule has 0 unspecified atom stereocenters. The van der Waals surface area contributed by atoms with E-state index in [4.69, 9.17) is 4.74 Å². The lowest BCUT2D eigenvalue weighted by Gasteiger charge is -2.03. The summed E-state index contributed by atoms with van der Waals surface area (Å²) in [6, 6.07) is 0. The molecule has 0 radical (unpaired) electrons. The Labute approximate surface area is 108 Å². The molecule has 0 spiro atoms. The van der Waals surface area contributed by atoms with Gasteiger partial charge in [0.15, 0.2) is 5.78 Å². The Balaban J connectivity index is 1.94. The Bertz CT molecular complexity index is 320. The molecular formula is C14H22O4. The second kappa shape index (κ2) is 8.03. The van der Waals surface area contributed by atoms with Gasteiger partial charge in [-0.15, -0.1) is 0 Å². The SMILES string of the molecule is CC(=O)OCCCCCCCC1=C[C@H](O)CC1=O. The van der Waals surface area contributed by atoms with Crippen molar-refractivity contribution in [1.29, 1.82) is 0 Å². The van der Waals surface area contributed by atoms with Crippen LogP contribution in [0, 0.1) is 0 Å². The van der Waals surface area contributed by atoms with Gasteiger partial charge in [-0.1, -0.05) is 19.3 Å². The smallest absolute Gasteiger partial charge is 0.302 e. The van der Waals surface area contributed by atoms with Gasteiger partial charge < -0.3 is 9.84 Å². The van der Waals surface area contributed by atoms with Gasteiger partial charge in [0.25, 0.3) is 0 Å². The van der Waals surface area contributed by atoms with Gasteiger partial charge in [-0.3, -0.25) is 9.59 Å². The van der Waals surface area contributed by atoms with Crippen LogP contribution in [0.3, 0.4) is 0 Å². The van der Waals surface area contributed by atoms with Crippen molar-refractivity contribution in [2.24, 2.45) is 0 Å². The molecule has 0 aromatic carbocycles. The fraction of sp³-hybridized carbons (Fsp3) is 0.714. The molecule has 0 saturated heterocycles. The van der Waals surface area contributed by atoms with E-state index in [-0.39, 0.29) is 18.2 Å². The van der Waals surface area contributed by atoms with Gasteiger partial charge in [-0.25, -0.2) is 0 Å². The summed E-state index contributed by atoms with van der Waals surface area (Å²) in [6.07, 6.45) is 7.25. The number of Topliss-reactive ketones (excluding diaryl/α,β-unsaturated/α-hetero) is 1. The third-order valence-corrected chi connectivity index (χ3v) is 3.04. The summed E-state index contributed by atoms with van der Waals surface area (Å²) in [6.45, 7) is 1.92. The maximum atomic E-state index is 11.4. The number of aliphatic hydroxyl groups excluding tert-OH is 1. The first-order valence-corrected chi connectivity index (χ1v) is 6.65. The molecule has 1 rings (SSSR count). The van der Waals surface area contributed by atoms with Crippen LogP contribution in [0.2, 0.25) is 0 Å². The number of hydrogen-bond acceptors (Lipinski definition) is 4. The number of esters is 1. The minimum absolute atomic E-state index is 0.0948. The van der Waals surface area contributed by atoms with Crippen molar-refractivity contribution in [2.75, 3.05) is 6.61 Å². The predicted molar refractivity (Wildman–Crippen MR) is 68.0 cm³/mol. The summed E-state index contributed by atoms with van der Waals surface area (Å²) in [5.41, 5.74) is 0.794. The predicted octanol–water partition coefficient (Wildman–Crippen LogP) is 2.15. The monoisotopic (exact) mass is 254 g/mol. The van der Waals surface area contributed by atoms with E-state index in [0.29, 0.717) is 6.61 Å². The molecule has 0 fully saturated rings. The van der Waals surface area contributed by atoms with E-state index >= 15 is 0 Å². The number of carbonyl (C=O) groups is 2. The Morgan fingerprint density at radius 3 is 2.61 bits per heavy atom. The van der Waals surface area contributed by atoms with Crippen molar-refractivity contribution in [3.8, 4) is 0 Å². The van der Waals surface area contributed by atoms with E-state index < -0.39 is 6.10 Å². The maximum absolute atomic E-state index is 11.4. The molecule has 1 atom stereocenters. The van der Waals surface area contributed by atoms with Crippen molar-refractivity contribution >= 4 is 11.8 Å². The molecule has 1 N–H and O–H groups in total. The van der Waals surface area contributed by atoms with Gasteiger partial charge in [0.2, 0.25) is 0 Å². The summed E-state index contributed by atoms with van der Waals surface area (Å²) in [5, 5.41) is 9.28. The van der Waals surface area contributed by atoms with Gasteiger partial charge in [0, 0.05) is 13.3 Å². The number of ketones is 1. The molecule has 102 valence electrons. The van der Waals surface area contributed by atoms with Crippen molar-refractivity contribution in [1.82, 2.24) is 0 Å². The van der Waals surface area contributed by atoms with Crippen LogP contribution in [0.25, 0.3) is 0 Å². The zero-order chi connectivity index (χ0) is 13.4. The highest BCUT2D eigenvalue weighted by Crippen LogP contribution is 2.20.